The second kappa shape index (κ2) is 8.19. The minimum Gasteiger partial charge on any atom is -0.350 e. The minimum atomic E-state index is -0.215. The molecular weight excluding hydrogens is 362 g/mol. The molecule has 0 saturated heterocycles. The first-order chi connectivity index (χ1) is 14.1. The number of carbonyl (C=O) groups is 1. The second-order valence-electron chi connectivity index (χ2n) is 7.96. The monoisotopic (exact) mass is 389 g/mol. The van der Waals surface area contributed by atoms with Gasteiger partial charge in [0, 0.05) is 23.9 Å². The lowest BCUT2D eigenvalue weighted by Gasteiger charge is -2.30. The summed E-state index contributed by atoms with van der Waals surface area (Å²) in [5.41, 5.74) is 1.45. The van der Waals surface area contributed by atoms with E-state index in [1.165, 1.54) is 23.1 Å². The summed E-state index contributed by atoms with van der Waals surface area (Å²) in [5.74, 6) is -0.215. The molecule has 29 heavy (non-hydrogen) atoms. The zero-order chi connectivity index (χ0) is 20.3. The standard InChI is InChI=1S/C24H27N3O2/c1-2-16-27-23(29)20-13-7-6-12-19(20)21(26-27)22(28)25-17-24(14-8-9-15-24)18-10-4-3-5-11-18/h3-7,10-13H,2,8-9,14-17H2,1H3,(H,25,28). The molecular formula is C24H27N3O2. The third-order valence-electron chi connectivity index (χ3n) is 6.05. The second-order valence-corrected chi connectivity index (χ2v) is 7.96. The molecule has 0 unspecified atom stereocenters. The summed E-state index contributed by atoms with van der Waals surface area (Å²) < 4.78 is 1.42. The van der Waals surface area contributed by atoms with Crippen molar-refractivity contribution in [2.45, 2.75) is 51.0 Å². The van der Waals surface area contributed by atoms with Gasteiger partial charge in [0.2, 0.25) is 0 Å². The Kier molecular flexibility index (Phi) is 5.47. The maximum atomic E-state index is 13.2. The van der Waals surface area contributed by atoms with Gasteiger partial charge in [-0.1, -0.05) is 68.3 Å². The molecule has 1 aromatic heterocycles. The molecule has 0 spiro atoms. The molecule has 1 amide bonds. The third-order valence-corrected chi connectivity index (χ3v) is 6.05. The molecule has 150 valence electrons. The number of carbonyl (C=O) groups excluding carboxylic acids is 1. The van der Waals surface area contributed by atoms with Gasteiger partial charge < -0.3 is 5.32 Å². The van der Waals surface area contributed by atoms with Crippen LogP contribution in [0, 0.1) is 0 Å². The van der Waals surface area contributed by atoms with Crippen LogP contribution in [-0.4, -0.2) is 22.2 Å². The Morgan fingerprint density at radius 2 is 1.69 bits per heavy atom. The summed E-state index contributed by atoms with van der Waals surface area (Å²) in [5, 5.41) is 8.72. The molecule has 1 heterocycles. The molecule has 3 aromatic rings. The van der Waals surface area contributed by atoms with Crippen molar-refractivity contribution in [2.75, 3.05) is 6.54 Å². The summed E-state index contributed by atoms with van der Waals surface area (Å²) in [4.78, 5) is 25.8. The number of fused-ring (bicyclic) bond motifs is 1. The molecule has 5 heteroatoms. The Hall–Kier alpha value is -2.95. The fourth-order valence-electron chi connectivity index (χ4n) is 4.51. The van der Waals surface area contributed by atoms with Crippen LogP contribution in [0.2, 0.25) is 0 Å². The van der Waals surface area contributed by atoms with Crippen LogP contribution in [0.5, 0.6) is 0 Å². The van der Waals surface area contributed by atoms with Crippen molar-refractivity contribution >= 4 is 16.7 Å². The van der Waals surface area contributed by atoms with E-state index in [0.29, 0.717) is 29.6 Å². The van der Waals surface area contributed by atoms with Crippen LogP contribution in [0.4, 0.5) is 0 Å². The van der Waals surface area contributed by atoms with Gasteiger partial charge in [0.05, 0.1) is 5.39 Å². The molecule has 2 aromatic carbocycles. The fraction of sp³-hybridized carbons (Fsp3) is 0.375. The number of nitrogens with one attached hydrogen (secondary N) is 1. The maximum Gasteiger partial charge on any atom is 0.274 e. The normalized spacial score (nSPS) is 15.5. The lowest BCUT2D eigenvalue weighted by atomic mass is 9.79. The largest absolute Gasteiger partial charge is 0.350 e. The number of aromatic nitrogens is 2. The van der Waals surface area contributed by atoms with Crippen molar-refractivity contribution in [1.82, 2.24) is 15.1 Å². The Bertz CT molecular complexity index is 1070. The van der Waals surface area contributed by atoms with E-state index in [4.69, 9.17) is 0 Å². The molecule has 1 fully saturated rings. The average Bonchev–Trinajstić information content (AvgIpc) is 3.25. The van der Waals surface area contributed by atoms with Crippen molar-refractivity contribution in [3.05, 3.63) is 76.2 Å². The zero-order valence-electron chi connectivity index (χ0n) is 16.9. The highest BCUT2D eigenvalue weighted by Crippen LogP contribution is 2.40. The van der Waals surface area contributed by atoms with Crippen LogP contribution in [0.3, 0.4) is 0 Å². The Labute approximate surface area is 170 Å². The molecule has 1 N–H and O–H groups in total. The Morgan fingerprint density at radius 3 is 2.38 bits per heavy atom. The lowest BCUT2D eigenvalue weighted by Crippen LogP contribution is -2.40. The number of rotatable bonds is 6. The SMILES string of the molecule is CCCn1nc(C(=O)NCC2(c3ccccc3)CCCC2)c2ccccc2c1=O. The number of nitrogens with zero attached hydrogens (tertiary/aromatic N) is 2. The average molecular weight is 389 g/mol. The summed E-state index contributed by atoms with van der Waals surface area (Å²) in [6, 6.07) is 17.7. The highest BCUT2D eigenvalue weighted by molar-refractivity contribution is 6.04. The van der Waals surface area contributed by atoms with Gasteiger partial charge in [0.15, 0.2) is 5.69 Å². The van der Waals surface area contributed by atoms with Crippen LogP contribution in [-0.2, 0) is 12.0 Å². The maximum absolute atomic E-state index is 13.2. The fourth-order valence-corrected chi connectivity index (χ4v) is 4.51. The number of benzene rings is 2. The molecule has 0 radical (unpaired) electrons. The van der Waals surface area contributed by atoms with Crippen LogP contribution in [0.1, 0.15) is 55.1 Å². The van der Waals surface area contributed by atoms with Gasteiger partial charge >= 0.3 is 0 Å². The summed E-state index contributed by atoms with van der Waals surface area (Å²) >= 11 is 0. The topological polar surface area (TPSA) is 64.0 Å². The molecule has 1 saturated carbocycles. The van der Waals surface area contributed by atoms with Gasteiger partial charge in [0.25, 0.3) is 11.5 Å². The predicted octanol–water partition coefficient (Wildman–Crippen LogP) is 4.05. The van der Waals surface area contributed by atoms with Crippen molar-refractivity contribution in [3.8, 4) is 0 Å². The van der Waals surface area contributed by atoms with Gasteiger partial charge in [-0.2, -0.15) is 5.10 Å². The van der Waals surface area contributed by atoms with Crippen LogP contribution in [0.25, 0.3) is 10.8 Å². The van der Waals surface area contributed by atoms with E-state index in [9.17, 15) is 9.59 Å². The number of hydrogen-bond acceptors (Lipinski definition) is 3. The van der Waals surface area contributed by atoms with E-state index in [1.54, 1.807) is 12.1 Å². The van der Waals surface area contributed by atoms with E-state index in [2.05, 4.69) is 34.7 Å². The van der Waals surface area contributed by atoms with Crippen LogP contribution < -0.4 is 10.9 Å². The number of amides is 1. The first-order valence-corrected chi connectivity index (χ1v) is 10.5. The lowest BCUT2D eigenvalue weighted by molar-refractivity contribution is 0.0937. The van der Waals surface area contributed by atoms with Gasteiger partial charge in [-0.25, -0.2) is 4.68 Å². The molecule has 1 aliphatic rings. The van der Waals surface area contributed by atoms with Gasteiger partial charge in [0.1, 0.15) is 0 Å². The number of aryl methyl sites for hydroxylation is 1. The Balaban J connectivity index is 1.66. The van der Waals surface area contributed by atoms with E-state index in [0.717, 1.165) is 19.3 Å². The predicted molar refractivity (Wildman–Crippen MR) is 115 cm³/mol. The Morgan fingerprint density at radius 1 is 1.03 bits per heavy atom. The first kappa shape index (κ1) is 19.4. The van der Waals surface area contributed by atoms with E-state index in [-0.39, 0.29) is 16.9 Å². The molecule has 0 atom stereocenters. The van der Waals surface area contributed by atoms with E-state index in [1.807, 2.05) is 25.1 Å². The van der Waals surface area contributed by atoms with Crippen molar-refractivity contribution in [2.24, 2.45) is 0 Å². The molecule has 0 aliphatic heterocycles. The minimum absolute atomic E-state index is 0.0232. The van der Waals surface area contributed by atoms with Crippen molar-refractivity contribution in [3.63, 3.8) is 0 Å². The van der Waals surface area contributed by atoms with Crippen molar-refractivity contribution in [1.29, 1.82) is 0 Å². The highest BCUT2D eigenvalue weighted by Gasteiger charge is 2.36. The van der Waals surface area contributed by atoms with Crippen molar-refractivity contribution < 1.29 is 4.79 Å². The van der Waals surface area contributed by atoms with E-state index < -0.39 is 0 Å². The van der Waals surface area contributed by atoms with Crippen LogP contribution in [0.15, 0.2) is 59.4 Å². The van der Waals surface area contributed by atoms with Gasteiger partial charge in [-0.15, -0.1) is 0 Å². The summed E-state index contributed by atoms with van der Waals surface area (Å²) in [6.07, 6.45) is 5.27. The molecule has 4 rings (SSSR count). The quantitative estimate of drug-likeness (QED) is 0.692. The van der Waals surface area contributed by atoms with Gasteiger partial charge in [-0.05, 0) is 30.9 Å². The van der Waals surface area contributed by atoms with E-state index >= 15 is 0 Å². The number of hydrogen-bond donors (Lipinski definition) is 1. The molecule has 1 aliphatic carbocycles. The third kappa shape index (κ3) is 3.69. The van der Waals surface area contributed by atoms with Crippen LogP contribution >= 0.6 is 0 Å². The first-order valence-electron chi connectivity index (χ1n) is 10.5. The van der Waals surface area contributed by atoms with Gasteiger partial charge in [-0.3, -0.25) is 9.59 Å². The summed E-state index contributed by atoms with van der Waals surface area (Å²) in [6.45, 7) is 3.07. The molecule has 5 nitrogen and oxygen atoms in total. The summed E-state index contributed by atoms with van der Waals surface area (Å²) in [7, 11) is 0. The highest BCUT2D eigenvalue weighted by atomic mass is 16.2. The smallest absolute Gasteiger partial charge is 0.274 e. The zero-order valence-corrected chi connectivity index (χ0v) is 16.9. The molecule has 0 bridgehead atoms.